The highest BCUT2D eigenvalue weighted by Crippen LogP contribution is 2.24. The van der Waals surface area contributed by atoms with E-state index in [1.54, 1.807) is 0 Å². The SMILES string of the molecule is CC1CC(NCCO)CN(c2ccc(Cl)cc2)C1. The summed E-state index contributed by atoms with van der Waals surface area (Å²) in [5, 5.41) is 13.1. The van der Waals surface area contributed by atoms with Gasteiger partial charge in [0.1, 0.15) is 0 Å². The van der Waals surface area contributed by atoms with Crippen LogP contribution in [0.15, 0.2) is 24.3 Å². The number of nitrogens with zero attached hydrogens (tertiary/aromatic N) is 1. The zero-order chi connectivity index (χ0) is 13.0. The molecule has 1 aromatic carbocycles. The van der Waals surface area contributed by atoms with Gasteiger partial charge in [-0.2, -0.15) is 0 Å². The molecule has 2 atom stereocenters. The molecule has 0 amide bonds. The van der Waals surface area contributed by atoms with E-state index in [2.05, 4.69) is 29.3 Å². The Morgan fingerprint density at radius 2 is 2.06 bits per heavy atom. The first-order valence-corrected chi connectivity index (χ1v) is 6.91. The van der Waals surface area contributed by atoms with E-state index in [1.807, 2.05) is 12.1 Å². The zero-order valence-corrected chi connectivity index (χ0v) is 11.5. The monoisotopic (exact) mass is 268 g/mol. The van der Waals surface area contributed by atoms with Gasteiger partial charge in [-0.15, -0.1) is 0 Å². The molecular formula is C14H21ClN2O. The normalized spacial score (nSPS) is 24.3. The number of halogens is 1. The third-order valence-electron chi connectivity index (χ3n) is 3.40. The molecule has 1 aliphatic heterocycles. The summed E-state index contributed by atoms with van der Waals surface area (Å²) in [5.41, 5.74) is 1.22. The Morgan fingerprint density at radius 3 is 2.72 bits per heavy atom. The molecule has 18 heavy (non-hydrogen) atoms. The summed E-state index contributed by atoms with van der Waals surface area (Å²) < 4.78 is 0. The van der Waals surface area contributed by atoms with Gasteiger partial charge in [0, 0.05) is 36.4 Å². The van der Waals surface area contributed by atoms with E-state index < -0.39 is 0 Å². The van der Waals surface area contributed by atoms with Gasteiger partial charge in [-0.05, 0) is 36.6 Å². The Labute approximate surface area is 114 Å². The first-order chi connectivity index (χ1) is 8.69. The number of aliphatic hydroxyl groups is 1. The van der Waals surface area contributed by atoms with E-state index in [0.717, 1.165) is 18.1 Å². The predicted octanol–water partition coefficient (Wildman–Crippen LogP) is 2.14. The van der Waals surface area contributed by atoms with E-state index >= 15 is 0 Å². The maximum Gasteiger partial charge on any atom is 0.0556 e. The number of piperidine rings is 1. The third kappa shape index (κ3) is 3.61. The highest BCUT2D eigenvalue weighted by molar-refractivity contribution is 6.30. The number of aliphatic hydroxyl groups excluding tert-OH is 1. The lowest BCUT2D eigenvalue weighted by atomic mass is 9.95. The lowest BCUT2D eigenvalue weighted by Gasteiger charge is -2.38. The predicted molar refractivity (Wildman–Crippen MR) is 76.3 cm³/mol. The molecule has 0 radical (unpaired) electrons. The van der Waals surface area contributed by atoms with E-state index in [9.17, 15) is 0 Å². The van der Waals surface area contributed by atoms with Crippen LogP contribution in [0.5, 0.6) is 0 Å². The van der Waals surface area contributed by atoms with Crippen molar-refractivity contribution in [3.05, 3.63) is 29.3 Å². The minimum atomic E-state index is 0.200. The van der Waals surface area contributed by atoms with Gasteiger partial charge in [-0.25, -0.2) is 0 Å². The smallest absolute Gasteiger partial charge is 0.0556 e. The molecular weight excluding hydrogens is 248 g/mol. The molecule has 100 valence electrons. The topological polar surface area (TPSA) is 35.5 Å². The fraction of sp³-hybridized carbons (Fsp3) is 0.571. The van der Waals surface area contributed by atoms with Crippen molar-refractivity contribution in [1.29, 1.82) is 0 Å². The van der Waals surface area contributed by atoms with Crippen LogP contribution in [0, 0.1) is 5.92 Å². The van der Waals surface area contributed by atoms with E-state index in [0.29, 0.717) is 18.5 Å². The van der Waals surface area contributed by atoms with Crippen LogP contribution in [0.2, 0.25) is 5.02 Å². The average molecular weight is 269 g/mol. The molecule has 1 aliphatic rings. The number of rotatable bonds is 4. The van der Waals surface area contributed by atoms with Gasteiger partial charge in [0.05, 0.1) is 6.61 Å². The number of nitrogens with one attached hydrogen (secondary N) is 1. The van der Waals surface area contributed by atoms with Gasteiger partial charge in [-0.1, -0.05) is 18.5 Å². The molecule has 1 aromatic rings. The first-order valence-electron chi connectivity index (χ1n) is 6.54. The molecule has 0 bridgehead atoms. The molecule has 1 heterocycles. The number of hydrogen-bond acceptors (Lipinski definition) is 3. The molecule has 4 heteroatoms. The molecule has 1 saturated heterocycles. The van der Waals surface area contributed by atoms with Crippen LogP contribution >= 0.6 is 11.6 Å². The summed E-state index contributed by atoms with van der Waals surface area (Å²) in [6, 6.07) is 8.47. The second-order valence-electron chi connectivity index (χ2n) is 5.10. The van der Waals surface area contributed by atoms with Gasteiger partial charge in [-0.3, -0.25) is 0 Å². The maximum absolute atomic E-state index is 8.89. The summed E-state index contributed by atoms with van der Waals surface area (Å²) in [7, 11) is 0. The van der Waals surface area contributed by atoms with Crippen LogP contribution in [0.4, 0.5) is 5.69 Å². The molecule has 0 aromatic heterocycles. The van der Waals surface area contributed by atoms with Gasteiger partial charge in [0.25, 0.3) is 0 Å². The summed E-state index contributed by atoms with van der Waals surface area (Å²) >= 11 is 5.92. The number of hydrogen-bond donors (Lipinski definition) is 2. The molecule has 2 N–H and O–H groups in total. The highest BCUT2D eigenvalue weighted by atomic mass is 35.5. The van der Waals surface area contributed by atoms with Gasteiger partial charge < -0.3 is 15.3 Å². The van der Waals surface area contributed by atoms with Crippen LogP contribution < -0.4 is 10.2 Å². The minimum absolute atomic E-state index is 0.200. The molecule has 0 saturated carbocycles. The highest BCUT2D eigenvalue weighted by Gasteiger charge is 2.24. The second-order valence-corrected chi connectivity index (χ2v) is 5.53. The summed E-state index contributed by atoms with van der Waals surface area (Å²) in [6.45, 7) is 5.22. The largest absolute Gasteiger partial charge is 0.395 e. The van der Waals surface area contributed by atoms with Crippen molar-refractivity contribution < 1.29 is 5.11 Å². The lowest BCUT2D eigenvalue weighted by molar-refractivity contribution is 0.269. The quantitative estimate of drug-likeness (QED) is 0.878. The fourth-order valence-electron chi connectivity index (χ4n) is 2.63. The first kappa shape index (κ1) is 13.7. The van der Waals surface area contributed by atoms with E-state index in [1.165, 1.54) is 12.1 Å². The molecule has 1 fully saturated rings. The van der Waals surface area contributed by atoms with Crippen molar-refractivity contribution in [2.75, 3.05) is 31.1 Å². The second kappa shape index (κ2) is 6.41. The van der Waals surface area contributed by atoms with Crippen molar-refractivity contribution in [2.24, 2.45) is 5.92 Å². The lowest BCUT2D eigenvalue weighted by Crippen LogP contribution is -2.49. The van der Waals surface area contributed by atoms with Crippen LogP contribution in [-0.2, 0) is 0 Å². The van der Waals surface area contributed by atoms with Crippen LogP contribution in [0.3, 0.4) is 0 Å². The molecule has 0 spiro atoms. The van der Waals surface area contributed by atoms with Gasteiger partial charge in [0.15, 0.2) is 0 Å². The zero-order valence-electron chi connectivity index (χ0n) is 10.8. The summed E-state index contributed by atoms with van der Waals surface area (Å²) in [5.74, 6) is 0.658. The fourth-order valence-corrected chi connectivity index (χ4v) is 2.76. The average Bonchev–Trinajstić information content (AvgIpc) is 2.36. The standard InChI is InChI=1S/C14H21ClN2O/c1-11-8-13(16-6-7-18)10-17(9-11)14-4-2-12(15)3-5-14/h2-5,11,13,16,18H,6-10H2,1H3. The van der Waals surface area contributed by atoms with Crippen molar-refractivity contribution in [2.45, 2.75) is 19.4 Å². The van der Waals surface area contributed by atoms with Gasteiger partial charge >= 0.3 is 0 Å². The Balaban J connectivity index is 2.01. The molecule has 2 unspecified atom stereocenters. The number of anilines is 1. The molecule has 3 nitrogen and oxygen atoms in total. The van der Waals surface area contributed by atoms with E-state index in [-0.39, 0.29) is 6.61 Å². The van der Waals surface area contributed by atoms with Crippen LogP contribution in [-0.4, -0.2) is 37.4 Å². The Kier molecular flexibility index (Phi) is 4.87. The van der Waals surface area contributed by atoms with Crippen LogP contribution in [0.25, 0.3) is 0 Å². The molecule has 0 aliphatic carbocycles. The van der Waals surface area contributed by atoms with Crippen LogP contribution in [0.1, 0.15) is 13.3 Å². The number of benzene rings is 1. The molecule has 2 rings (SSSR count). The minimum Gasteiger partial charge on any atom is -0.395 e. The Morgan fingerprint density at radius 1 is 1.33 bits per heavy atom. The van der Waals surface area contributed by atoms with Crippen molar-refractivity contribution in [1.82, 2.24) is 5.32 Å². The van der Waals surface area contributed by atoms with Crippen molar-refractivity contribution in [3.63, 3.8) is 0 Å². The van der Waals surface area contributed by atoms with Crippen molar-refractivity contribution >= 4 is 17.3 Å². The maximum atomic E-state index is 8.89. The summed E-state index contributed by atoms with van der Waals surface area (Å²) in [4.78, 5) is 2.39. The Hall–Kier alpha value is -0.770. The Bertz CT molecular complexity index is 369. The van der Waals surface area contributed by atoms with Gasteiger partial charge in [0.2, 0.25) is 0 Å². The van der Waals surface area contributed by atoms with Crippen molar-refractivity contribution in [3.8, 4) is 0 Å². The third-order valence-corrected chi connectivity index (χ3v) is 3.65. The van der Waals surface area contributed by atoms with E-state index in [4.69, 9.17) is 16.7 Å². The summed E-state index contributed by atoms with van der Waals surface area (Å²) in [6.07, 6.45) is 1.17.